The lowest BCUT2D eigenvalue weighted by molar-refractivity contribution is 0.150. The van der Waals surface area contributed by atoms with Gasteiger partial charge < -0.3 is 0 Å². The summed E-state index contributed by atoms with van der Waals surface area (Å²) in [6.45, 7) is 1.71. The molecule has 1 rings (SSSR count). The molecule has 0 saturated heterocycles. The zero-order valence-corrected chi connectivity index (χ0v) is 8.10. The van der Waals surface area contributed by atoms with Crippen molar-refractivity contribution in [1.29, 1.82) is 0 Å². The van der Waals surface area contributed by atoms with Crippen molar-refractivity contribution in [3.8, 4) is 0 Å². The molecule has 0 fully saturated rings. The third kappa shape index (κ3) is 1.89. The first-order valence-electron chi connectivity index (χ1n) is 3.16. The molecule has 0 nitrogen and oxygen atoms in total. The van der Waals surface area contributed by atoms with E-state index in [0.717, 1.165) is 3.57 Å². The van der Waals surface area contributed by atoms with Gasteiger partial charge in [0, 0.05) is 9.13 Å². The van der Waals surface area contributed by atoms with Gasteiger partial charge >= 0.3 is 0 Å². The Morgan fingerprint density at radius 1 is 1.36 bits per heavy atom. The van der Waals surface area contributed by atoms with Gasteiger partial charge in [-0.25, -0.2) is 8.78 Å². The lowest BCUT2D eigenvalue weighted by atomic mass is 10.1. The van der Waals surface area contributed by atoms with Crippen molar-refractivity contribution in [2.75, 3.05) is 0 Å². The van der Waals surface area contributed by atoms with Crippen LogP contribution in [-0.4, -0.2) is 0 Å². The van der Waals surface area contributed by atoms with Crippen LogP contribution in [0.15, 0.2) is 18.2 Å². The van der Waals surface area contributed by atoms with Gasteiger partial charge in [0.05, 0.1) is 0 Å². The third-order valence-electron chi connectivity index (χ3n) is 1.54. The van der Waals surface area contributed by atoms with Gasteiger partial charge in [0.2, 0.25) is 0 Å². The number of benzene rings is 1. The van der Waals surface area contributed by atoms with Crippen molar-refractivity contribution < 1.29 is 8.78 Å². The summed E-state index contributed by atoms with van der Waals surface area (Å²) in [4.78, 5) is 0. The second kappa shape index (κ2) is 3.47. The van der Waals surface area contributed by atoms with Gasteiger partial charge in [0.15, 0.2) is 0 Å². The smallest absolute Gasteiger partial charge is 0.205 e. The van der Waals surface area contributed by atoms with Crippen molar-refractivity contribution >= 4 is 22.6 Å². The first-order chi connectivity index (χ1) is 5.13. The van der Waals surface area contributed by atoms with Crippen LogP contribution in [0.2, 0.25) is 0 Å². The van der Waals surface area contributed by atoms with Gasteiger partial charge in [-0.1, -0.05) is 12.1 Å². The highest BCUT2D eigenvalue weighted by atomic mass is 127. The monoisotopic (exact) mass is 268 g/mol. The number of halogens is 3. The Hall–Kier alpha value is -0.190. The Kier molecular flexibility index (Phi) is 2.81. The second-order valence-corrected chi connectivity index (χ2v) is 3.42. The van der Waals surface area contributed by atoms with Crippen molar-refractivity contribution in [2.24, 2.45) is 0 Å². The van der Waals surface area contributed by atoms with Crippen LogP contribution in [0.4, 0.5) is 8.78 Å². The van der Waals surface area contributed by atoms with Crippen LogP contribution in [0.5, 0.6) is 0 Å². The summed E-state index contributed by atoms with van der Waals surface area (Å²) in [6, 6.07) is 4.93. The first kappa shape index (κ1) is 8.90. The Morgan fingerprint density at radius 3 is 2.45 bits per heavy atom. The molecular weight excluding hydrogens is 261 g/mol. The fourth-order valence-electron chi connectivity index (χ4n) is 0.861. The normalized spacial score (nSPS) is 10.6. The molecule has 0 aromatic heterocycles. The third-order valence-corrected chi connectivity index (χ3v) is 2.71. The molecule has 1 aromatic carbocycles. The van der Waals surface area contributed by atoms with Crippen LogP contribution in [0, 0.1) is 10.5 Å². The predicted octanol–water partition coefficient (Wildman–Crippen LogP) is 3.54. The summed E-state index contributed by atoms with van der Waals surface area (Å²) in [5.74, 6) is 0. The van der Waals surface area contributed by atoms with Crippen molar-refractivity contribution in [3.63, 3.8) is 0 Å². The standard InChI is InChI=1S/C8H7F2I/c1-5-6(8(9)10)3-2-4-7(5)11/h2-4,8H,1H3. The minimum atomic E-state index is -2.36. The molecule has 0 spiro atoms. The largest absolute Gasteiger partial charge is 0.264 e. The molecule has 0 amide bonds. The van der Waals surface area contributed by atoms with E-state index in [0.29, 0.717) is 5.56 Å². The van der Waals surface area contributed by atoms with E-state index in [-0.39, 0.29) is 5.56 Å². The quantitative estimate of drug-likeness (QED) is 0.683. The second-order valence-electron chi connectivity index (χ2n) is 2.25. The lowest BCUT2D eigenvalue weighted by Gasteiger charge is -2.04. The van der Waals surface area contributed by atoms with E-state index >= 15 is 0 Å². The van der Waals surface area contributed by atoms with Crippen LogP contribution < -0.4 is 0 Å². The van der Waals surface area contributed by atoms with E-state index in [4.69, 9.17) is 0 Å². The van der Waals surface area contributed by atoms with Gasteiger partial charge in [-0.2, -0.15) is 0 Å². The molecule has 11 heavy (non-hydrogen) atoms. The highest BCUT2D eigenvalue weighted by molar-refractivity contribution is 14.1. The molecule has 0 N–H and O–H groups in total. The van der Waals surface area contributed by atoms with Gasteiger partial charge in [-0.3, -0.25) is 0 Å². The van der Waals surface area contributed by atoms with Crippen LogP contribution in [0.1, 0.15) is 17.6 Å². The maximum Gasteiger partial charge on any atom is 0.264 e. The average molecular weight is 268 g/mol. The van der Waals surface area contributed by atoms with E-state index in [1.54, 1.807) is 13.0 Å². The highest BCUT2D eigenvalue weighted by Gasteiger charge is 2.10. The molecule has 0 saturated carbocycles. The minimum absolute atomic E-state index is 0.136. The maximum atomic E-state index is 12.2. The molecule has 0 radical (unpaired) electrons. The summed E-state index contributed by atoms with van der Waals surface area (Å²) < 4.78 is 25.3. The average Bonchev–Trinajstić information content (AvgIpc) is 1.94. The number of alkyl halides is 2. The summed E-state index contributed by atoms with van der Waals surface area (Å²) in [5, 5.41) is 0. The van der Waals surface area contributed by atoms with E-state index in [1.807, 2.05) is 28.7 Å². The van der Waals surface area contributed by atoms with Gasteiger partial charge in [0.1, 0.15) is 0 Å². The molecule has 1 aromatic rings. The Balaban J connectivity index is 3.17. The predicted molar refractivity (Wildman–Crippen MR) is 48.9 cm³/mol. The van der Waals surface area contributed by atoms with Gasteiger partial charge in [-0.15, -0.1) is 0 Å². The van der Waals surface area contributed by atoms with Crippen LogP contribution in [-0.2, 0) is 0 Å². The van der Waals surface area contributed by atoms with Crippen molar-refractivity contribution in [2.45, 2.75) is 13.3 Å². The van der Waals surface area contributed by atoms with Crippen LogP contribution >= 0.6 is 22.6 Å². The van der Waals surface area contributed by atoms with Crippen molar-refractivity contribution in [1.82, 2.24) is 0 Å². The van der Waals surface area contributed by atoms with Gasteiger partial charge in [-0.05, 0) is 41.1 Å². The molecule has 0 unspecified atom stereocenters. The van der Waals surface area contributed by atoms with Crippen molar-refractivity contribution in [3.05, 3.63) is 32.9 Å². The number of hydrogen-bond donors (Lipinski definition) is 0. The number of hydrogen-bond acceptors (Lipinski definition) is 0. The summed E-state index contributed by atoms with van der Waals surface area (Å²) in [5.41, 5.74) is 0.819. The van der Waals surface area contributed by atoms with Gasteiger partial charge in [0.25, 0.3) is 6.43 Å². The Labute approximate surface area is 77.8 Å². The topological polar surface area (TPSA) is 0 Å². The summed E-state index contributed by atoms with van der Waals surface area (Å²) in [6.07, 6.45) is -2.36. The zero-order valence-electron chi connectivity index (χ0n) is 5.94. The first-order valence-corrected chi connectivity index (χ1v) is 4.24. The summed E-state index contributed by atoms with van der Waals surface area (Å²) in [7, 11) is 0. The van der Waals surface area contributed by atoms with Crippen LogP contribution in [0.25, 0.3) is 0 Å². The maximum absolute atomic E-state index is 12.2. The molecule has 3 heteroatoms. The minimum Gasteiger partial charge on any atom is -0.205 e. The van der Waals surface area contributed by atoms with E-state index < -0.39 is 6.43 Å². The van der Waals surface area contributed by atoms with E-state index in [9.17, 15) is 8.78 Å². The SMILES string of the molecule is Cc1c(I)cccc1C(F)F. The Morgan fingerprint density at radius 2 is 2.00 bits per heavy atom. The molecular formula is C8H7F2I. The molecule has 0 atom stereocenters. The molecule has 0 aliphatic carbocycles. The lowest BCUT2D eigenvalue weighted by Crippen LogP contribution is -1.91. The van der Waals surface area contributed by atoms with Crippen LogP contribution in [0.3, 0.4) is 0 Å². The zero-order chi connectivity index (χ0) is 8.43. The Bertz CT molecular complexity index is 258. The highest BCUT2D eigenvalue weighted by Crippen LogP contribution is 2.25. The molecule has 0 bridgehead atoms. The molecule has 0 heterocycles. The molecule has 0 aliphatic heterocycles. The molecule has 0 aliphatic rings. The number of rotatable bonds is 1. The van der Waals surface area contributed by atoms with E-state index in [1.165, 1.54) is 6.07 Å². The summed E-state index contributed by atoms with van der Waals surface area (Å²) >= 11 is 2.05. The van der Waals surface area contributed by atoms with E-state index in [2.05, 4.69) is 0 Å². The fraction of sp³-hybridized carbons (Fsp3) is 0.250. The fourth-order valence-corrected chi connectivity index (χ4v) is 1.38. The molecule has 60 valence electrons.